The van der Waals surface area contributed by atoms with Crippen LogP contribution in [-0.2, 0) is 4.79 Å². The number of benzene rings is 1. The van der Waals surface area contributed by atoms with Gasteiger partial charge >= 0.3 is 0 Å². The molecule has 1 atom stereocenters. The first-order chi connectivity index (χ1) is 10.7. The number of para-hydroxylation sites is 1. The van der Waals surface area contributed by atoms with Crippen LogP contribution in [0.5, 0.6) is 0 Å². The smallest absolute Gasteiger partial charge is 0.267 e. The first-order valence-electron chi connectivity index (χ1n) is 6.79. The molecule has 3 rings (SSSR count). The van der Waals surface area contributed by atoms with Gasteiger partial charge in [0.25, 0.3) is 11.6 Å². The predicted octanol–water partition coefficient (Wildman–Crippen LogP) is 1.80. The van der Waals surface area contributed by atoms with Crippen LogP contribution in [-0.4, -0.2) is 37.4 Å². The maximum atomic E-state index is 10.9. The Morgan fingerprint density at radius 2 is 2.32 bits per heavy atom. The zero-order valence-electron chi connectivity index (χ0n) is 11.9. The third kappa shape index (κ3) is 2.77. The van der Waals surface area contributed by atoms with Crippen LogP contribution in [0.25, 0.3) is 6.08 Å². The van der Waals surface area contributed by atoms with Crippen molar-refractivity contribution in [2.24, 2.45) is 5.11 Å². The summed E-state index contributed by atoms with van der Waals surface area (Å²) in [7, 11) is 0. The number of carbonyl (C=O) groups excluding carboxylic acids is 1. The topological polar surface area (TPSA) is 95.4 Å². The maximum Gasteiger partial charge on any atom is 0.267 e. The highest BCUT2D eigenvalue weighted by molar-refractivity contribution is 5.90. The summed E-state index contributed by atoms with van der Waals surface area (Å²) in [5.41, 5.74) is 4.15. The minimum atomic E-state index is -0.612. The lowest BCUT2D eigenvalue weighted by Crippen LogP contribution is -2.20. The molecular formula is C14H15N6O2+. The fourth-order valence-corrected chi connectivity index (χ4v) is 2.16. The van der Waals surface area contributed by atoms with Gasteiger partial charge in [-0.05, 0) is 19.1 Å². The Kier molecular flexibility index (Phi) is 3.75. The number of hydroxylamine groups is 1. The molecule has 0 radical (unpaired) electrons. The molecule has 0 bridgehead atoms. The molecule has 1 aliphatic heterocycles. The van der Waals surface area contributed by atoms with E-state index in [-0.39, 0.29) is 6.04 Å². The van der Waals surface area contributed by atoms with Gasteiger partial charge in [0.1, 0.15) is 11.7 Å². The quantitative estimate of drug-likeness (QED) is 0.381. The molecule has 2 aromatic rings. The number of aromatic nitrogens is 3. The van der Waals surface area contributed by atoms with Crippen LogP contribution in [0.15, 0.2) is 41.7 Å². The van der Waals surface area contributed by atoms with Crippen molar-refractivity contribution >= 4 is 23.4 Å². The van der Waals surface area contributed by atoms with Crippen molar-refractivity contribution in [2.75, 3.05) is 6.54 Å². The van der Waals surface area contributed by atoms with Crippen LogP contribution < -0.4 is 5.48 Å². The molecule has 0 fully saturated rings. The van der Waals surface area contributed by atoms with Crippen molar-refractivity contribution in [3.8, 4) is 0 Å². The number of amides is 1. The molecule has 8 heteroatoms. The largest absolute Gasteiger partial charge is 0.288 e. The first-order valence-corrected chi connectivity index (χ1v) is 6.79. The molecule has 0 saturated heterocycles. The van der Waals surface area contributed by atoms with Gasteiger partial charge in [0, 0.05) is 17.3 Å². The highest BCUT2D eigenvalue weighted by Gasteiger charge is 2.29. The Morgan fingerprint density at radius 3 is 3.09 bits per heavy atom. The lowest BCUT2D eigenvalue weighted by Gasteiger charge is -2.13. The van der Waals surface area contributed by atoms with Crippen LogP contribution in [0.3, 0.4) is 0 Å². The third-order valence-corrected chi connectivity index (χ3v) is 3.32. The van der Waals surface area contributed by atoms with E-state index in [1.54, 1.807) is 10.9 Å². The van der Waals surface area contributed by atoms with Crippen molar-refractivity contribution in [1.29, 1.82) is 0 Å². The Labute approximate surface area is 126 Å². The molecule has 1 amide bonds. The summed E-state index contributed by atoms with van der Waals surface area (Å²) >= 11 is 0. The number of nitrogens with one attached hydrogen (secondary N) is 1. The SMILES string of the molecule is CC(C[N+]1=Nc2ccccc21)n1cc(C=CC(=O)NO)nn1. The van der Waals surface area contributed by atoms with Crippen LogP contribution in [0, 0.1) is 0 Å². The minimum absolute atomic E-state index is 0.0680. The molecule has 0 saturated carbocycles. The van der Waals surface area contributed by atoms with Crippen molar-refractivity contribution in [3.63, 3.8) is 0 Å². The summed E-state index contributed by atoms with van der Waals surface area (Å²) in [6.45, 7) is 2.69. The minimum Gasteiger partial charge on any atom is -0.288 e. The highest BCUT2D eigenvalue weighted by atomic mass is 16.5. The average molecular weight is 299 g/mol. The summed E-state index contributed by atoms with van der Waals surface area (Å²) < 4.78 is 3.64. The second-order valence-corrected chi connectivity index (χ2v) is 4.95. The van der Waals surface area contributed by atoms with Gasteiger partial charge in [0.2, 0.25) is 5.69 Å². The summed E-state index contributed by atoms with van der Waals surface area (Å²) in [6.07, 6.45) is 4.39. The fourth-order valence-electron chi connectivity index (χ4n) is 2.16. The number of nitrogens with zero attached hydrogens (tertiary/aromatic N) is 5. The zero-order chi connectivity index (χ0) is 15.5. The van der Waals surface area contributed by atoms with Gasteiger partial charge in [0.05, 0.1) is 6.20 Å². The van der Waals surface area contributed by atoms with Crippen molar-refractivity contribution in [1.82, 2.24) is 20.5 Å². The van der Waals surface area contributed by atoms with Gasteiger partial charge in [-0.2, -0.15) is 0 Å². The lowest BCUT2D eigenvalue weighted by molar-refractivity contribution is -0.530. The van der Waals surface area contributed by atoms with Gasteiger partial charge < -0.3 is 0 Å². The Bertz CT molecular complexity index is 764. The first kappa shape index (κ1) is 14.1. The maximum absolute atomic E-state index is 10.9. The van der Waals surface area contributed by atoms with E-state index < -0.39 is 5.91 Å². The number of azo groups is 2. The number of carbonyl (C=O) groups is 1. The van der Waals surface area contributed by atoms with Crippen molar-refractivity contribution < 1.29 is 14.7 Å². The van der Waals surface area contributed by atoms with E-state index in [0.717, 1.165) is 11.4 Å². The highest BCUT2D eigenvalue weighted by Crippen LogP contribution is 2.36. The molecule has 2 N–H and O–H groups in total. The van der Waals surface area contributed by atoms with Crippen molar-refractivity contribution in [2.45, 2.75) is 13.0 Å². The second-order valence-electron chi connectivity index (χ2n) is 4.95. The van der Waals surface area contributed by atoms with Crippen LogP contribution in [0.1, 0.15) is 18.7 Å². The van der Waals surface area contributed by atoms with Gasteiger partial charge in [-0.25, -0.2) is 10.2 Å². The van der Waals surface area contributed by atoms with E-state index in [0.29, 0.717) is 12.2 Å². The van der Waals surface area contributed by atoms with E-state index in [2.05, 4.69) is 15.4 Å². The third-order valence-electron chi connectivity index (χ3n) is 3.32. The van der Waals surface area contributed by atoms with Gasteiger partial charge in [0.15, 0.2) is 6.54 Å². The second kappa shape index (κ2) is 5.86. The molecule has 1 unspecified atom stereocenters. The molecule has 8 nitrogen and oxygen atoms in total. The number of hydrogen-bond acceptors (Lipinski definition) is 5. The molecule has 0 spiro atoms. The predicted molar refractivity (Wildman–Crippen MR) is 77.0 cm³/mol. The number of rotatable bonds is 5. The summed E-state index contributed by atoms with van der Waals surface area (Å²) in [5, 5.41) is 20.8. The molecule has 22 heavy (non-hydrogen) atoms. The molecule has 2 heterocycles. The summed E-state index contributed by atoms with van der Waals surface area (Å²) in [6, 6.07) is 8.01. The molecule has 0 aliphatic carbocycles. The zero-order valence-corrected chi connectivity index (χ0v) is 11.9. The molecule has 1 aromatic heterocycles. The van der Waals surface area contributed by atoms with Gasteiger partial charge in [-0.15, -0.1) is 5.10 Å². The molecule has 1 aliphatic rings. The standard InChI is InChI=1S/C14H14N6O2/c1-10(8-20-13-5-3-2-4-12(13)16-20)19-9-11(15-18-19)6-7-14(21)17-22/h2-7,9-10H,8H2,1H3,(H-,15,17,18,21,22)/p+1. The van der Waals surface area contributed by atoms with E-state index >= 15 is 0 Å². The average Bonchev–Trinajstić information content (AvgIpc) is 2.99. The Hall–Kier alpha value is -2.87. The lowest BCUT2D eigenvalue weighted by atomic mass is 10.2. The fraction of sp³-hybridized carbons (Fsp3) is 0.214. The van der Waals surface area contributed by atoms with E-state index in [9.17, 15) is 4.79 Å². The van der Waals surface area contributed by atoms with E-state index in [4.69, 9.17) is 5.21 Å². The Balaban J connectivity index is 1.64. The van der Waals surface area contributed by atoms with Gasteiger partial charge in [-0.3, -0.25) is 10.0 Å². The molecule has 112 valence electrons. The van der Waals surface area contributed by atoms with Gasteiger partial charge in [-0.1, -0.05) is 22.0 Å². The van der Waals surface area contributed by atoms with Crippen LogP contribution in [0.4, 0.5) is 11.4 Å². The van der Waals surface area contributed by atoms with Crippen LogP contribution >= 0.6 is 0 Å². The van der Waals surface area contributed by atoms with Crippen LogP contribution in [0.2, 0.25) is 0 Å². The Morgan fingerprint density at radius 1 is 1.50 bits per heavy atom. The molecular weight excluding hydrogens is 284 g/mol. The normalized spacial score (nSPS) is 14.2. The monoisotopic (exact) mass is 299 g/mol. The van der Waals surface area contributed by atoms with E-state index in [1.807, 2.05) is 35.9 Å². The number of fused-ring (bicyclic) bond motifs is 1. The van der Waals surface area contributed by atoms with E-state index in [1.165, 1.54) is 17.6 Å². The summed E-state index contributed by atoms with van der Waals surface area (Å²) in [4.78, 5) is 10.9. The number of hydrogen-bond donors (Lipinski definition) is 2. The summed E-state index contributed by atoms with van der Waals surface area (Å²) in [5.74, 6) is -0.612. The molecule has 1 aromatic carbocycles. The van der Waals surface area contributed by atoms with Crippen molar-refractivity contribution in [3.05, 3.63) is 42.2 Å².